The Bertz CT molecular complexity index is 611. The van der Waals surface area contributed by atoms with E-state index < -0.39 is 5.97 Å². The quantitative estimate of drug-likeness (QED) is 0.887. The van der Waals surface area contributed by atoms with E-state index in [2.05, 4.69) is 0 Å². The first kappa shape index (κ1) is 13.6. The van der Waals surface area contributed by atoms with Gasteiger partial charge in [0.2, 0.25) is 5.76 Å². The maximum absolute atomic E-state index is 10.9. The van der Waals surface area contributed by atoms with Crippen molar-refractivity contribution in [3.05, 3.63) is 35.6 Å². The van der Waals surface area contributed by atoms with E-state index in [4.69, 9.17) is 9.52 Å². The topological polar surface area (TPSA) is 50.4 Å². The molecule has 1 aliphatic carbocycles. The summed E-state index contributed by atoms with van der Waals surface area (Å²) in [5.41, 5.74) is 1.89. The second-order valence-electron chi connectivity index (χ2n) is 5.36. The van der Waals surface area contributed by atoms with Gasteiger partial charge in [-0.2, -0.15) is 11.8 Å². The van der Waals surface area contributed by atoms with Gasteiger partial charge < -0.3 is 9.52 Å². The number of furan rings is 1. The number of carboxylic acids is 1. The Morgan fingerprint density at radius 1 is 1.25 bits per heavy atom. The van der Waals surface area contributed by atoms with Gasteiger partial charge in [0.15, 0.2) is 0 Å². The Hall–Kier alpha value is -1.42. The predicted molar refractivity (Wildman–Crippen MR) is 81.3 cm³/mol. The smallest absolute Gasteiger partial charge is 0.371 e. The third-order valence-corrected chi connectivity index (χ3v) is 5.27. The van der Waals surface area contributed by atoms with Crippen LogP contribution in [0.25, 0.3) is 11.0 Å². The molecule has 0 radical (unpaired) electrons. The summed E-state index contributed by atoms with van der Waals surface area (Å²) in [6, 6.07) is 7.55. The van der Waals surface area contributed by atoms with E-state index in [1.54, 1.807) is 6.07 Å². The van der Waals surface area contributed by atoms with Crippen molar-refractivity contribution in [2.45, 2.75) is 43.1 Å². The maximum Gasteiger partial charge on any atom is 0.371 e. The second-order valence-corrected chi connectivity index (χ2v) is 6.65. The molecule has 0 atom stereocenters. The first-order chi connectivity index (χ1) is 9.72. The van der Waals surface area contributed by atoms with Crippen molar-refractivity contribution in [1.29, 1.82) is 0 Å². The minimum Gasteiger partial charge on any atom is -0.475 e. The summed E-state index contributed by atoms with van der Waals surface area (Å²) in [4.78, 5) is 10.9. The highest BCUT2D eigenvalue weighted by molar-refractivity contribution is 7.99. The summed E-state index contributed by atoms with van der Waals surface area (Å²) >= 11 is 2.03. The fraction of sp³-hybridized carbons (Fsp3) is 0.438. The molecule has 1 saturated carbocycles. The number of carboxylic acid groups (broad SMARTS) is 1. The van der Waals surface area contributed by atoms with Crippen LogP contribution in [0.15, 0.2) is 28.7 Å². The van der Waals surface area contributed by atoms with E-state index in [1.165, 1.54) is 37.7 Å². The van der Waals surface area contributed by atoms with E-state index in [0.717, 1.165) is 16.4 Å². The van der Waals surface area contributed by atoms with E-state index >= 15 is 0 Å². The van der Waals surface area contributed by atoms with Crippen LogP contribution in [-0.4, -0.2) is 16.3 Å². The van der Waals surface area contributed by atoms with Gasteiger partial charge in [-0.15, -0.1) is 0 Å². The molecule has 0 spiro atoms. The molecule has 106 valence electrons. The fourth-order valence-corrected chi connectivity index (χ4v) is 4.01. The summed E-state index contributed by atoms with van der Waals surface area (Å²) in [6.07, 6.45) is 6.78. The van der Waals surface area contributed by atoms with E-state index in [1.807, 2.05) is 30.0 Å². The van der Waals surface area contributed by atoms with Crippen molar-refractivity contribution in [2.24, 2.45) is 0 Å². The third kappa shape index (κ3) is 3.01. The number of thioether (sulfide) groups is 1. The molecule has 1 fully saturated rings. The van der Waals surface area contributed by atoms with Crippen LogP contribution in [-0.2, 0) is 5.75 Å². The van der Waals surface area contributed by atoms with Gasteiger partial charge in [0.25, 0.3) is 0 Å². The number of hydrogen-bond donors (Lipinski definition) is 1. The van der Waals surface area contributed by atoms with E-state index in [0.29, 0.717) is 5.58 Å². The normalized spacial score (nSPS) is 16.6. The summed E-state index contributed by atoms with van der Waals surface area (Å²) < 4.78 is 5.27. The highest BCUT2D eigenvalue weighted by atomic mass is 32.2. The number of fused-ring (bicyclic) bond motifs is 1. The van der Waals surface area contributed by atoms with Crippen molar-refractivity contribution in [1.82, 2.24) is 0 Å². The minimum absolute atomic E-state index is 0.0112. The van der Waals surface area contributed by atoms with Gasteiger partial charge >= 0.3 is 5.97 Å². The molecule has 0 aliphatic heterocycles. The highest BCUT2D eigenvalue weighted by Gasteiger charge is 2.14. The number of aromatic carboxylic acids is 1. The van der Waals surface area contributed by atoms with Gasteiger partial charge in [0, 0.05) is 16.4 Å². The molecule has 3 nitrogen and oxygen atoms in total. The molecule has 4 heteroatoms. The van der Waals surface area contributed by atoms with Gasteiger partial charge in [-0.25, -0.2) is 4.79 Å². The van der Waals surface area contributed by atoms with Crippen molar-refractivity contribution >= 4 is 28.7 Å². The third-order valence-electron chi connectivity index (χ3n) is 3.83. The Morgan fingerprint density at radius 3 is 2.80 bits per heavy atom. The lowest BCUT2D eigenvalue weighted by atomic mass is 10.0. The standard InChI is InChI=1S/C16H18O3S/c17-16(18)15-9-12-8-11(6-7-14(12)19-15)10-20-13-4-2-1-3-5-13/h6-9,13H,1-5,10H2,(H,17,18). The minimum atomic E-state index is -1.01. The lowest BCUT2D eigenvalue weighted by Crippen LogP contribution is -2.08. The first-order valence-electron chi connectivity index (χ1n) is 7.10. The van der Waals surface area contributed by atoms with Crippen LogP contribution >= 0.6 is 11.8 Å². The summed E-state index contributed by atoms with van der Waals surface area (Å²) in [7, 11) is 0. The van der Waals surface area contributed by atoms with Crippen LogP contribution in [0.1, 0.15) is 48.2 Å². The van der Waals surface area contributed by atoms with Crippen molar-refractivity contribution < 1.29 is 14.3 Å². The highest BCUT2D eigenvalue weighted by Crippen LogP contribution is 2.31. The fourth-order valence-electron chi connectivity index (χ4n) is 2.73. The number of carbonyl (C=O) groups is 1. The molecule has 0 saturated heterocycles. The van der Waals surface area contributed by atoms with Crippen LogP contribution in [0.5, 0.6) is 0 Å². The molecule has 1 N–H and O–H groups in total. The SMILES string of the molecule is O=C(O)c1cc2cc(CSC3CCCCC3)ccc2o1. The van der Waals surface area contributed by atoms with E-state index in [9.17, 15) is 4.79 Å². The van der Waals surface area contributed by atoms with Gasteiger partial charge in [0.05, 0.1) is 0 Å². The van der Waals surface area contributed by atoms with Gasteiger partial charge in [-0.1, -0.05) is 25.3 Å². The Kier molecular flexibility index (Phi) is 4.01. The molecule has 1 aromatic carbocycles. The zero-order valence-electron chi connectivity index (χ0n) is 11.3. The Balaban J connectivity index is 1.70. The van der Waals surface area contributed by atoms with Crippen LogP contribution in [0.4, 0.5) is 0 Å². The Labute approximate surface area is 122 Å². The molecular weight excluding hydrogens is 272 g/mol. The van der Waals surface area contributed by atoms with Crippen molar-refractivity contribution in [3.8, 4) is 0 Å². The summed E-state index contributed by atoms with van der Waals surface area (Å²) in [5.74, 6) is -0.00908. The summed E-state index contributed by atoms with van der Waals surface area (Å²) in [5, 5.41) is 10.6. The van der Waals surface area contributed by atoms with Gasteiger partial charge in [0.1, 0.15) is 5.58 Å². The van der Waals surface area contributed by atoms with E-state index in [-0.39, 0.29) is 5.76 Å². The first-order valence-corrected chi connectivity index (χ1v) is 8.14. The molecule has 3 rings (SSSR count). The predicted octanol–water partition coefficient (Wildman–Crippen LogP) is 4.70. The van der Waals surface area contributed by atoms with Gasteiger partial charge in [-0.05, 0) is 36.6 Å². The number of benzene rings is 1. The second kappa shape index (κ2) is 5.92. The van der Waals surface area contributed by atoms with Crippen LogP contribution in [0.2, 0.25) is 0 Å². The molecule has 2 aromatic rings. The van der Waals surface area contributed by atoms with Crippen LogP contribution in [0, 0.1) is 0 Å². The van der Waals surface area contributed by atoms with Crippen LogP contribution < -0.4 is 0 Å². The lowest BCUT2D eigenvalue weighted by molar-refractivity contribution is 0.0665. The van der Waals surface area contributed by atoms with Crippen LogP contribution in [0.3, 0.4) is 0 Å². The largest absolute Gasteiger partial charge is 0.475 e. The molecule has 20 heavy (non-hydrogen) atoms. The van der Waals surface area contributed by atoms with Crippen molar-refractivity contribution in [2.75, 3.05) is 0 Å². The number of hydrogen-bond acceptors (Lipinski definition) is 3. The Morgan fingerprint density at radius 2 is 2.05 bits per heavy atom. The lowest BCUT2D eigenvalue weighted by Gasteiger charge is -2.20. The maximum atomic E-state index is 10.9. The monoisotopic (exact) mass is 290 g/mol. The summed E-state index contributed by atoms with van der Waals surface area (Å²) in [6.45, 7) is 0. The molecular formula is C16H18O3S. The van der Waals surface area contributed by atoms with Gasteiger partial charge in [-0.3, -0.25) is 0 Å². The zero-order valence-corrected chi connectivity index (χ0v) is 12.1. The molecule has 0 unspecified atom stereocenters. The molecule has 0 amide bonds. The number of rotatable bonds is 4. The molecule has 1 aromatic heterocycles. The average molecular weight is 290 g/mol. The molecule has 1 heterocycles. The zero-order chi connectivity index (χ0) is 13.9. The molecule has 1 aliphatic rings. The molecule has 0 bridgehead atoms. The average Bonchev–Trinajstić information content (AvgIpc) is 2.89. The van der Waals surface area contributed by atoms with Crippen molar-refractivity contribution in [3.63, 3.8) is 0 Å².